The number of nitrogens with one attached hydrogen (secondary N) is 1. The van der Waals surface area contributed by atoms with Crippen molar-refractivity contribution in [3.8, 4) is 5.75 Å². The monoisotopic (exact) mass is 369 g/mol. The van der Waals surface area contributed by atoms with E-state index in [9.17, 15) is 9.90 Å². The Morgan fingerprint density at radius 1 is 1.27 bits per heavy atom. The van der Waals surface area contributed by atoms with Crippen molar-refractivity contribution in [3.05, 3.63) is 65.1 Å². The standard InChI is InChI=1S/C20H20ClN3O2/c1-12(2)9-17(25)24-18(13-5-3-7-22-11-13)15-10-16(21)14-6-4-8-23-19(14)20(15)26/h3-8,10-12,18,26H,9H2,1-2H3,(H,24,25). The van der Waals surface area contributed by atoms with Gasteiger partial charge < -0.3 is 10.4 Å². The lowest BCUT2D eigenvalue weighted by atomic mass is 9.96. The fourth-order valence-electron chi connectivity index (χ4n) is 2.90. The number of phenolic OH excluding ortho intramolecular Hbond substituents is 1. The van der Waals surface area contributed by atoms with Crippen molar-refractivity contribution in [1.29, 1.82) is 0 Å². The van der Waals surface area contributed by atoms with Gasteiger partial charge in [0.25, 0.3) is 0 Å². The lowest BCUT2D eigenvalue weighted by molar-refractivity contribution is -0.122. The lowest BCUT2D eigenvalue weighted by Gasteiger charge is -2.22. The van der Waals surface area contributed by atoms with Gasteiger partial charge in [-0.25, -0.2) is 0 Å². The molecule has 1 atom stereocenters. The van der Waals surface area contributed by atoms with E-state index in [0.717, 1.165) is 5.56 Å². The molecule has 3 rings (SSSR count). The van der Waals surface area contributed by atoms with Crippen LogP contribution in [0.15, 0.2) is 48.9 Å². The number of phenols is 1. The summed E-state index contributed by atoms with van der Waals surface area (Å²) in [5.41, 5.74) is 1.65. The second-order valence-corrected chi connectivity index (χ2v) is 6.99. The Hall–Kier alpha value is -2.66. The number of pyridine rings is 2. The van der Waals surface area contributed by atoms with Crippen molar-refractivity contribution in [3.63, 3.8) is 0 Å². The van der Waals surface area contributed by atoms with Gasteiger partial charge in [-0.1, -0.05) is 31.5 Å². The zero-order chi connectivity index (χ0) is 18.7. The lowest BCUT2D eigenvalue weighted by Crippen LogP contribution is -2.30. The maximum absolute atomic E-state index is 12.4. The number of rotatable bonds is 5. The molecule has 1 amide bonds. The van der Waals surface area contributed by atoms with E-state index in [4.69, 9.17) is 11.6 Å². The minimum Gasteiger partial charge on any atom is -0.505 e. The molecule has 5 nitrogen and oxygen atoms in total. The smallest absolute Gasteiger partial charge is 0.221 e. The van der Waals surface area contributed by atoms with Crippen LogP contribution in [0.5, 0.6) is 5.75 Å². The number of aromatic hydroxyl groups is 1. The number of halogens is 1. The summed E-state index contributed by atoms with van der Waals surface area (Å²) in [7, 11) is 0. The summed E-state index contributed by atoms with van der Waals surface area (Å²) in [4.78, 5) is 20.8. The number of carbonyl (C=O) groups is 1. The fourth-order valence-corrected chi connectivity index (χ4v) is 3.17. The third kappa shape index (κ3) is 3.78. The predicted octanol–water partition coefficient (Wildman–Crippen LogP) is 4.24. The van der Waals surface area contributed by atoms with Gasteiger partial charge in [-0.15, -0.1) is 0 Å². The molecule has 0 saturated heterocycles. The van der Waals surface area contributed by atoms with Gasteiger partial charge in [0, 0.05) is 36.0 Å². The van der Waals surface area contributed by atoms with E-state index in [1.54, 1.807) is 42.9 Å². The van der Waals surface area contributed by atoms with Crippen LogP contribution in [0.2, 0.25) is 5.02 Å². The molecular formula is C20H20ClN3O2. The van der Waals surface area contributed by atoms with E-state index in [1.165, 1.54) is 0 Å². The van der Waals surface area contributed by atoms with Crippen molar-refractivity contribution in [2.75, 3.05) is 0 Å². The number of fused-ring (bicyclic) bond motifs is 1. The number of hydrogen-bond donors (Lipinski definition) is 2. The third-order valence-electron chi connectivity index (χ3n) is 4.07. The average molecular weight is 370 g/mol. The van der Waals surface area contributed by atoms with Gasteiger partial charge in [0.05, 0.1) is 11.1 Å². The molecule has 2 N–H and O–H groups in total. The topological polar surface area (TPSA) is 75.1 Å². The number of carbonyl (C=O) groups excluding carboxylic acids is 1. The minimum atomic E-state index is -0.571. The Labute approximate surface area is 157 Å². The molecule has 26 heavy (non-hydrogen) atoms. The van der Waals surface area contributed by atoms with Gasteiger partial charge in [-0.2, -0.15) is 0 Å². The van der Waals surface area contributed by atoms with Crippen molar-refractivity contribution in [2.24, 2.45) is 5.92 Å². The minimum absolute atomic E-state index is 0.00343. The van der Waals surface area contributed by atoms with Crippen molar-refractivity contribution in [1.82, 2.24) is 15.3 Å². The van der Waals surface area contributed by atoms with Gasteiger partial charge in [0.1, 0.15) is 11.3 Å². The molecular weight excluding hydrogens is 350 g/mol. The molecule has 0 spiro atoms. The molecule has 6 heteroatoms. The zero-order valence-corrected chi connectivity index (χ0v) is 15.4. The first kappa shape index (κ1) is 18.1. The molecule has 1 aromatic carbocycles. The zero-order valence-electron chi connectivity index (χ0n) is 14.6. The predicted molar refractivity (Wildman–Crippen MR) is 102 cm³/mol. The van der Waals surface area contributed by atoms with E-state index < -0.39 is 6.04 Å². The summed E-state index contributed by atoms with van der Waals surface area (Å²) in [6, 6.07) is 8.30. The Kier molecular flexibility index (Phi) is 5.38. The molecule has 134 valence electrons. The highest BCUT2D eigenvalue weighted by atomic mass is 35.5. The van der Waals surface area contributed by atoms with Crippen LogP contribution in [0, 0.1) is 5.92 Å². The molecule has 1 unspecified atom stereocenters. The molecule has 0 radical (unpaired) electrons. The number of hydrogen-bond acceptors (Lipinski definition) is 4. The summed E-state index contributed by atoms with van der Waals surface area (Å²) in [6.07, 6.45) is 5.30. The highest BCUT2D eigenvalue weighted by molar-refractivity contribution is 6.35. The number of benzene rings is 1. The van der Waals surface area contributed by atoms with Crippen LogP contribution in [-0.4, -0.2) is 21.0 Å². The quantitative estimate of drug-likeness (QED) is 0.705. The van der Waals surface area contributed by atoms with Gasteiger partial charge in [-0.05, 0) is 35.7 Å². The first-order valence-corrected chi connectivity index (χ1v) is 8.80. The number of aromatic nitrogens is 2. The van der Waals surface area contributed by atoms with Gasteiger partial charge in [0.15, 0.2) is 0 Å². The van der Waals surface area contributed by atoms with Gasteiger partial charge >= 0.3 is 0 Å². The maximum atomic E-state index is 12.4. The molecule has 0 saturated carbocycles. The molecule has 0 aliphatic carbocycles. The van der Waals surface area contributed by atoms with Crippen molar-refractivity contribution < 1.29 is 9.90 Å². The molecule has 3 aromatic rings. The van der Waals surface area contributed by atoms with Crippen molar-refractivity contribution >= 4 is 28.4 Å². The molecule has 0 aliphatic rings. The van der Waals surface area contributed by atoms with E-state index in [-0.39, 0.29) is 17.6 Å². The van der Waals surface area contributed by atoms with Crippen LogP contribution in [-0.2, 0) is 4.79 Å². The van der Waals surface area contributed by atoms with E-state index in [2.05, 4.69) is 15.3 Å². The molecule has 2 aromatic heterocycles. The molecule has 2 heterocycles. The Morgan fingerprint density at radius 2 is 2.04 bits per heavy atom. The SMILES string of the molecule is CC(C)CC(=O)NC(c1cccnc1)c1cc(Cl)c2cccnc2c1O. The van der Waals surface area contributed by atoms with Crippen LogP contribution in [0.3, 0.4) is 0 Å². The van der Waals surface area contributed by atoms with Gasteiger partial charge in [0.2, 0.25) is 5.91 Å². The first-order chi connectivity index (χ1) is 12.5. The summed E-state index contributed by atoms with van der Waals surface area (Å²) in [5.74, 6) is 0.120. The maximum Gasteiger partial charge on any atom is 0.221 e. The molecule has 0 fully saturated rings. The van der Waals surface area contributed by atoms with Gasteiger partial charge in [-0.3, -0.25) is 14.8 Å². The Bertz CT molecular complexity index is 929. The van der Waals surface area contributed by atoms with Crippen molar-refractivity contribution in [2.45, 2.75) is 26.3 Å². The molecule has 0 bridgehead atoms. The first-order valence-electron chi connectivity index (χ1n) is 8.42. The summed E-state index contributed by atoms with van der Waals surface area (Å²) in [6.45, 7) is 3.96. The second kappa shape index (κ2) is 7.70. The summed E-state index contributed by atoms with van der Waals surface area (Å²) >= 11 is 6.41. The summed E-state index contributed by atoms with van der Waals surface area (Å²) < 4.78 is 0. The van der Waals surface area contributed by atoms with Crippen LogP contribution in [0.25, 0.3) is 10.9 Å². The van der Waals surface area contributed by atoms with Crippen LogP contribution >= 0.6 is 11.6 Å². The van der Waals surface area contributed by atoms with Crippen LogP contribution in [0.4, 0.5) is 0 Å². The summed E-state index contributed by atoms with van der Waals surface area (Å²) in [5, 5.41) is 14.9. The van der Waals surface area contributed by atoms with Crippen LogP contribution < -0.4 is 5.32 Å². The van der Waals surface area contributed by atoms with Crippen LogP contribution in [0.1, 0.15) is 37.4 Å². The van der Waals surface area contributed by atoms with E-state index in [0.29, 0.717) is 27.9 Å². The van der Waals surface area contributed by atoms with E-state index >= 15 is 0 Å². The normalized spacial score (nSPS) is 12.3. The highest BCUT2D eigenvalue weighted by Crippen LogP contribution is 2.38. The Morgan fingerprint density at radius 3 is 2.73 bits per heavy atom. The van der Waals surface area contributed by atoms with E-state index in [1.807, 2.05) is 19.9 Å². The average Bonchev–Trinajstić information content (AvgIpc) is 2.63. The fraction of sp³-hybridized carbons (Fsp3) is 0.250. The molecule has 0 aliphatic heterocycles. The highest BCUT2D eigenvalue weighted by Gasteiger charge is 2.23. The number of amides is 1. The second-order valence-electron chi connectivity index (χ2n) is 6.58. The largest absolute Gasteiger partial charge is 0.505 e. The number of nitrogens with zero attached hydrogens (tertiary/aromatic N) is 2. The third-order valence-corrected chi connectivity index (χ3v) is 4.39. The Balaban J connectivity index is 2.11.